The molecule has 2 aromatic carbocycles. The van der Waals surface area contributed by atoms with E-state index in [1.54, 1.807) is 55.5 Å². The summed E-state index contributed by atoms with van der Waals surface area (Å²) in [4.78, 5) is 57.1. The summed E-state index contributed by atoms with van der Waals surface area (Å²) in [6, 6.07) is 13.5. The van der Waals surface area contributed by atoms with Crippen LogP contribution in [0, 0.1) is 0 Å². The number of nitrogens with one attached hydrogen (secondary N) is 1. The Balaban J connectivity index is 1.34. The van der Waals surface area contributed by atoms with Crippen LogP contribution in [0.15, 0.2) is 53.3 Å². The SMILES string of the molecule is C[C@H](OC(=O)CCCN1C(=O)c2ccccc2C1=O)c1nc2ccccc2c(=O)[nH]1. The zero-order valence-corrected chi connectivity index (χ0v) is 16.3. The van der Waals surface area contributed by atoms with Crippen molar-refractivity contribution in [1.82, 2.24) is 14.9 Å². The average Bonchev–Trinajstić information content (AvgIpc) is 2.99. The fourth-order valence-electron chi connectivity index (χ4n) is 3.43. The number of H-pyrrole nitrogens is 1. The number of ether oxygens (including phenoxy) is 1. The van der Waals surface area contributed by atoms with Crippen LogP contribution in [0.25, 0.3) is 10.9 Å². The number of nitrogens with zero attached hydrogens (tertiary/aromatic N) is 2. The number of benzene rings is 2. The van der Waals surface area contributed by atoms with Crippen molar-refractivity contribution in [3.63, 3.8) is 0 Å². The van der Waals surface area contributed by atoms with E-state index in [-0.39, 0.29) is 42.6 Å². The van der Waals surface area contributed by atoms with Gasteiger partial charge < -0.3 is 9.72 Å². The van der Waals surface area contributed by atoms with Crippen LogP contribution in [0.3, 0.4) is 0 Å². The summed E-state index contributed by atoms with van der Waals surface area (Å²) >= 11 is 0. The summed E-state index contributed by atoms with van der Waals surface area (Å²) in [5.41, 5.74) is 0.976. The van der Waals surface area contributed by atoms with Gasteiger partial charge in [0.1, 0.15) is 0 Å². The Labute approximate surface area is 171 Å². The first kappa shape index (κ1) is 19.5. The molecule has 0 saturated heterocycles. The molecule has 0 fully saturated rings. The van der Waals surface area contributed by atoms with Crippen molar-refractivity contribution in [2.24, 2.45) is 0 Å². The van der Waals surface area contributed by atoms with E-state index < -0.39 is 12.1 Å². The molecule has 3 aromatic rings. The first-order valence-corrected chi connectivity index (χ1v) is 9.59. The molecule has 8 heteroatoms. The number of amides is 2. The van der Waals surface area contributed by atoms with Crippen LogP contribution in [0.2, 0.25) is 0 Å². The molecule has 1 aliphatic heterocycles. The predicted molar refractivity (Wildman–Crippen MR) is 108 cm³/mol. The lowest BCUT2D eigenvalue weighted by Gasteiger charge is -2.15. The van der Waals surface area contributed by atoms with E-state index in [0.717, 1.165) is 4.90 Å². The lowest BCUT2D eigenvalue weighted by atomic mass is 10.1. The second kappa shape index (κ2) is 7.90. The molecule has 4 rings (SSSR count). The summed E-state index contributed by atoms with van der Waals surface area (Å²) in [5, 5.41) is 0.459. The molecule has 30 heavy (non-hydrogen) atoms. The number of hydrogen-bond acceptors (Lipinski definition) is 6. The second-order valence-corrected chi connectivity index (χ2v) is 7.01. The van der Waals surface area contributed by atoms with Crippen LogP contribution < -0.4 is 5.56 Å². The van der Waals surface area contributed by atoms with E-state index in [4.69, 9.17) is 4.74 Å². The van der Waals surface area contributed by atoms with Crippen LogP contribution >= 0.6 is 0 Å². The van der Waals surface area contributed by atoms with Crippen LogP contribution in [-0.4, -0.2) is 39.2 Å². The highest BCUT2D eigenvalue weighted by Crippen LogP contribution is 2.23. The molecular formula is C22H19N3O5. The number of fused-ring (bicyclic) bond motifs is 2. The van der Waals surface area contributed by atoms with Crippen molar-refractivity contribution < 1.29 is 19.1 Å². The third-order valence-electron chi connectivity index (χ3n) is 4.97. The van der Waals surface area contributed by atoms with Gasteiger partial charge in [0.25, 0.3) is 17.4 Å². The number of esters is 1. The Morgan fingerprint density at radius 1 is 1.03 bits per heavy atom. The maximum atomic E-state index is 12.3. The highest BCUT2D eigenvalue weighted by molar-refractivity contribution is 6.21. The number of imide groups is 1. The number of rotatable bonds is 6. The maximum absolute atomic E-state index is 12.3. The standard InChI is InChI=1S/C22H19N3O5/c1-13(19-23-17-10-5-4-9-16(17)20(27)24-19)30-18(26)11-6-12-25-21(28)14-7-2-3-8-15(14)22(25)29/h2-5,7-10,13H,6,11-12H2,1H3,(H,23,24,27)/t13-/m0/s1. The normalized spacial score (nSPS) is 14.1. The first-order chi connectivity index (χ1) is 14.5. The quantitative estimate of drug-likeness (QED) is 0.499. The summed E-state index contributed by atoms with van der Waals surface area (Å²) in [6.07, 6.45) is -0.442. The van der Waals surface area contributed by atoms with Gasteiger partial charge in [0.2, 0.25) is 0 Å². The average molecular weight is 405 g/mol. The zero-order valence-electron chi connectivity index (χ0n) is 16.3. The lowest BCUT2D eigenvalue weighted by molar-refractivity contribution is -0.149. The number of hydrogen-bond donors (Lipinski definition) is 1. The summed E-state index contributed by atoms with van der Waals surface area (Å²) in [5.74, 6) is -0.951. The fraction of sp³-hybridized carbons (Fsp3) is 0.227. The van der Waals surface area contributed by atoms with Gasteiger partial charge in [-0.3, -0.25) is 24.1 Å². The second-order valence-electron chi connectivity index (χ2n) is 7.01. The molecule has 1 N–H and O–H groups in total. The molecule has 0 saturated carbocycles. The monoisotopic (exact) mass is 405 g/mol. The highest BCUT2D eigenvalue weighted by atomic mass is 16.5. The van der Waals surface area contributed by atoms with E-state index in [0.29, 0.717) is 22.0 Å². The molecule has 2 heterocycles. The van der Waals surface area contributed by atoms with Crippen LogP contribution in [-0.2, 0) is 9.53 Å². The predicted octanol–water partition coefficient (Wildman–Crippen LogP) is 2.60. The molecule has 2 amide bonds. The Kier molecular flexibility index (Phi) is 5.14. The molecule has 1 atom stereocenters. The van der Waals surface area contributed by atoms with Crippen molar-refractivity contribution in [3.05, 3.63) is 75.8 Å². The van der Waals surface area contributed by atoms with Gasteiger partial charge in [0, 0.05) is 13.0 Å². The molecule has 0 unspecified atom stereocenters. The van der Waals surface area contributed by atoms with Gasteiger partial charge in [0.15, 0.2) is 11.9 Å². The number of aromatic amines is 1. The Morgan fingerprint density at radius 3 is 2.37 bits per heavy atom. The molecule has 8 nitrogen and oxygen atoms in total. The Bertz CT molecular complexity index is 1180. The Morgan fingerprint density at radius 2 is 1.67 bits per heavy atom. The summed E-state index contributed by atoms with van der Waals surface area (Å²) in [7, 11) is 0. The molecule has 1 aliphatic rings. The minimum atomic E-state index is -0.742. The largest absolute Gasteiger partial charge is 0.454 e. The van der Waals surface area contributed by atoms with Crippen molar-refractivity contribution in [1.29, 1.82) is 0 Å². The minimum absolute atomic E-state index is 0.0234. The fourth-order valence-corrected chi connectivity index (χ4v) is 3.43. The zero-order chi connectivity index (χ0) is 21.3. The van der Waals surface area contributed by atoms with Crippen molar-refractivity contribution >= 4 is 28.7 Å². The highest BCUT2D eigenvalue weighted by Gasteiger charge is 2.34. The number of carbonyl (C=O) groups excluding carboxylic acids is 3. The molecule has 152 valence electrons. The van der Waals surface area contributed by atoms with E-state index >= 15 is 0 Å². The van der Waals surface area contributed by atoms with Crippen molar-refractivity contribution in [3.8, 4) is 0 Å². The lowest BCUT2D eigenvalue weighted by Crippen LogP contribution is -2.31. The van der Waals surface area contributed by atoms with Gasteiger partial charge in [-0.2, -0.15) is 0 Å². The van der Waals surface area contributed by atoms with Gasteiger partial charge >= 0.3 is 5.97 Å². The van der Waals surface area contributed by atoms with E-state index in [2.05, 4.69) is 9.97 Å². The minimum Gasteiger partial charge on any atom is -0.454 e. The number of aromatic nitrogens is 2. The molecular weight excluding hydrogens is 386 g/mol. The van der Waals surface area contributed by atoms with Gasteiger partial charge in [-0.1, -0.05) is 24.3 Å². The van der Waals surface area contributed by atoms with Gasteiger partial charge in [-0.05, 0) is 37.6 Å². The summed E-state index contributed by atoms with van der Waals surface area (Å²) < 4.78 is 5.36. The topological polar surface area (TPSA) is 109 Å². The van der Waals surface area contributed by atoms with Crippen LogP contribution in [0.5, 0.6) is 0 Å². The number of carbonyl (C=O) groups is 3. The van der Waals surface area contributed by atoms with Crippen LogP contribution in [0.4, 0.5) is 0 Å². The van der Waals surface area contributed by atoms with Gasteiger partial charge in [-0.15, -0.1) is 0 Å². The van der Waals surface area contributed by atoms with Gasteiger partial charge in [-0.25, -0.2) is 4.98 Å². The molecule has 1 aromatic heterocycles. The molecule has 0 aliphatic carbocycles. The third kappa shape index (κ3) is 3.59. The first-order valence-electron chi connectivity index (χ1n) is 9.59. The van der Waals surface area contributed by atoms with Crippen molar-refractivity contribution in [2.45, 2.75) is 25.9 Å². The van der Waals surface area contributed by atoms with Gasteiger partial charge in [0.05, 0.1) is 22.0 Å². The molecule has 0 spiro atoms. The van der Waals surface area contributed by atoms with Crippen LogP contribution in [0.1, 0.15) is 52.4 Å². The van der Waals surface area contributed by atoms with E-state index in [1.165, 1.54) is 0 Å². The van der Waals surface area contributed by atoms with E-state index in [9.17, 15) is 19.2 Å². The Hall–Kier alpha value is -3.81. The van der Waals surface area contributed by atoms with Crippen molar-refractivity contribution in [2.75, 3.05) is 6.54 Å². The smallest absolute Gasteiger partial charge is 0.306 e. The number of para-hydroxylation sites is 1. The third-order valence-corrected chi connectivity index (χ3v) is 4.97. The summed E-state index contributed by atoms with van der Waals surface area (Å²) in [6.45, 7) is 1.75. The molecule has 0 radical (unpaired) electrons. The van der Waals surface area contributed by atoms with E-state index in [1.807, 2.05) is 0 Å². The maximum Gasteiger partial charge on any atom is 0.306 e. The molecule has 0 bridgehead atoms.